The SMILES string of the molecule is CCCCC(CC)c1ccc2c(c1)OCO2. The maximum absolute atomic E-state index is 5.42. The van der Waals surface area contributed by atoms with E-state index in [1.807, 2.05) is 6.07 Å². The van der Waals surface area contributed by atoms with Gasteiger partial charge in [0.05, 0.1) is 0 Å². The van der Waals surface area contributed by atoms with E-state index in [1.54, 1.807) is 0 Å². The first-order chi connectivity index (χ1) is 7.85. The molecule has 16 heavy (non-hydrogen) atoms. The van der Waals surface area contributed by atoms with Crippen LogP contribution in [0.1, 0.15) is 51.0 Å². The third-order valence-electron chi connectivity index (χ3n) is 3.27. The van der Waals surface area contributed by atoms with E-state index in [4.69, 9.17) is 9.47 Å². The summed E-state index contributed by atoms with van der Waals surface area (Å²) in [5.74, 6) is 2.45. The average Bonchev–Trinajstić information content (AvgIpc) is 2.77. The van der Waals surface area contributed by atoms with Gasteiger partial charge in [-0.1, -0.05) is 32.8 Å². The van der Waals surface area contributed by atoms with Crippen molar-refractivity contribution in [2.24, 2.45) is 0 Å². The quantitative estimate of drug-likeness (QED) is 0.743. The maximum atomic E-state index is 5.42. The van der Waals surface area contributed by atoms with Crippen LogP contribution >= 0.6 is 0 Å². The van der Waals surface area contributed by atoms with Gasteiger partial charge in [0.1, 0.15) is 0 Å². The number of fused-ring (bicyclic) bond motifs is 1. The summed E-state index contributed by atoms with van der Waals surface area (Å²) in [5.41, 5.74) is 1.39. The van der Waals surface area contributed by atoms with Gasteiger partial charge in [-0.05, 0) is 36.5 Å². The first-order valence-corrected chi connectivity index (χ1v) is 6.24. The van der Waals surface area contributed by atoms with Crippen LogP contribution in [-0.4, -0.2) is 6.79 Å². The molecular weight excluding hydrogens is 200 g/mol. The van der Waals surface area contributed by atoms with Gasteiger partial charge in [-0.25, -0.2) is 0 Å². The fraction of sp³-hybridized carbons (Fsp3) is 0.571. The van der Waals surface area contributed by atoms with Crippen molar-refractivity contribution in [2.75, 3.05) is 6.79 Å². The van der Waals surface area contributed by atoms with Crippen molar-refractivity contribution in [3.63, 3.8) is 0 Å². The number of hydrogen-bond donors (Lipinski definition) is 0. The summed E-state index contributed by atoms with van der Waals surface area (Å²) in [6.45, 7) is 4.86. The summed E-state index contributed by atoms with van der Waals surface area (Å²) >= 11 is 0. The van der Waals surface area contributed by atoms with Gasteiger partial charge in [-0.2, -0.15) is 0 Å². The van der Waals surface area contributed by atoms with Crippen LogP contribution in [0.4, 0.5) is 0 Å². The Morgan fingerprint density at radius 2 is 2.00 bits per heavy atom. The molecule has 1 aromatic carbocycles. The first kappa shape index (κ1) is 11.3. The van der Waals surface area contributed by atoms with Crippen molar-refractivity contribution in [1.29, 1.82) is 0 Å². The predicted molar refractivity (Wildman–Crippen MR) is 65.1 cm³/mol. The Morgan fingerprint density at radius 3 is 2.75 bits per heavy atom. The lowest BCUT2D eigenvalue weighted by Gasteiger charge is -2.15. The highest BCUT2D eigenvalue weighted by Gasteiger charge is 2.16. The van der Waals surface area contributed by atoms with Crippen molar-refractivity contribution in [2.45, 2.75) is 45.4 Å². The molecule has 0 saturated carbocycles. The van der Waals surface area contributed by atoms with Crippen LogP contribution in [0.25, 0.3) is 0 Å². The molecule has 0 saturated heterocycles. The van der Waals surface area contributed by atoms with Gasteiger partial charge in [0.15, 0.2) is 11.5 Å². The highest BCUT2D eigenvalue weighted by Crippen LogP contribution is 2.36. The normalized spacial score (nSPS) is 15.1. The Labute approximate surface area is 97.6 Å². The molecule has 0 spiro atoms. The Morgan fingerprint density at radius 1 is 1.19 bits per heavy atom. The Kier molecular flexibility index (Phi) is 3.70. The molecule has 1 unspecified atom stereocenters. The van der Waals surface area contributed by atoms with Crippen molar-refractivity contribution >= 4 is 0 Å². The standard InChI is InChI=1S/C14H20O2/c1-3-5-6-11(4-2)12-7-8-13-14(9-12)16-10-15-13/h7-9,11H,3-6,10H2,1-2H3. The molecule has 0 aliphatic carbocycles. The molecular formula is C14H20O2. The fourth-order valence-electron chi connectivity index (χ4n) is 2.22. The van der Waals surface area contributed by atoms with Gasteiger partial charge < -0.3 is 9.47 Å². The van der Waals surface area contributed by atoms with Crippen LogP contribution in [0.15, 0.2) is 18.2 Å². The molecule has 0 N–H and O–H groups in total. The number of unbranched alkanes of at least 4 members (excludes halogenated alkanes) is 1. The molecule has 2 nitrogen and oxygen atoms in total. The summed E-state index contributed by atoms with van der Waals surface area (Å²) in [5, 5.41) is 0. The second-order valence-electron chi connectivity index (χ2n) is 4.36. The van der Waals surface area contributed by atoms with E-state index >= 15 is 0 Å². The van der Waals surface area contributed by atoms with Crippen LogP contribution in [-0.2, 0) is 0 Å². The van der Waals surface area contributed by atoms with E-state index in [1.165, 1.54) is 31.2 Å². The van der Waals surface area contributed by atoms with Crippen LogP contribution in [0.3, 0.4) is 0 Å². The molecule has 1 aliphatic heterocycles. The van der Waals surface area contributed by atoms with Gasteiger partial charge >= 0.3 is 0 Å². The molecule has 1 heterocycles. The molecule has 0 amide bonds. The third-order valence-corrected chi connectivity index (χ3v) is 3.27. The average molecular weight is 220 g/mol. The molecule has 2 rings (SSSR count). The first-order valence-electron chi connectivity index (χ1n) is 6.24. The highest BCUT2D eigenvalue weighted by molar-refractivity contribution is 5.45. The van der Waals surface area contributed by atoms with Gasteiger partial charge in [-0.3, -0.25) is 0 Å². The van der Waals surface area contributed by atoms with Crippen molar-refractivity contribution in [3.8, 4) is 11.5 Å². The molecule has 0 radical (unpaired) electrons. The number of ether oxygens (including phenoxy) is 2. The molecule has 2 heteroatoms. The van der Waals surface area contributed by atoms with E-state index < -0.39 is 0 Å². The molecule has 1 aromatic rings. The Bertz CT molecular complexity index is 347. The van der Waals surface area contributed by atoms with Crippen molar-refractivity contribution in [3.05, 3.63) is 23.8 Å². The van der Waals surface area contributed by atoms with E-state index in [0.29, 0.717) is 12.7 Å². The zero-order valence-electron chi connectivity index (χ0n) is 10.2. The zero-order valence-corrected chi connectivity index (χ0v) is 10.2. The minimum absolute atomic E-state index is 0.366. The zero-order chi connectivity index (χ0) is 11.4. The summed E-state index contributed by atoms with van der Waals surface area (Å²) in [7, 11) is 0. The van der Waals surface area contributed by atoms with E-state index in [-0.39, 0.29) is 0 Å². The van der Waals surface area contributed by atoms with E-state index in [2.05, 4.69) is 26.0 Å². The van der Waals surface area contributed by atoms with Crippen molar-refractivity contribution in [1.82, 2.24) is 0 Å². The highest BCUT2D eigenvalue weighted by atomic mass is 16.7. The summed E-state index contributed by atoms with van der Waals surface area (Å²) < 4.78 is 10.7. The van der Waals surface area contributed by atoms with Crippen LogP contribution in [0.5, 0.6) is 11.5 Å². The molecule has 0 bridgehead atoms. The van der Waals surface area contributed by atoms with Crippen LogP contribution in [0.2, 0.25) is 0 Å². The van der Waals surface area contributed by atoms with Gasteiger partial charge in [0.2, 0.25) is 6.79 Å². The Balaban J connectivity index is 2.12. The maximum Gasteiger partial charge on any atom is 0.231 e. The summed E-state index contributed by atoms with van der Waals surface area (Å²) in [4.78, 5) is 0. The van der Waals surface area contributed by atoms with E-state index in [0.717, 1.165) is 11.5 Å². The third kappa shape index (κ3) is 2.31. The molecule has 1 atom stereocenters. The second kappa shape index (κ2) is 5.24. The molecule has 88 valence electrons. The minimum atomic E-state index is 0.366. The minimum Gasteiger partial charge on any atom is -0.454 e. The topological polar surface area (TPSA) is 18.5 Å². The van der Waals surface area contributed by atoms with E-state index in [9.17, 15) is 0 Å². The fourth-order valence-corrected chi connectivity index (χ4v) is 2.22. The lowest BCUT2D eigenvalue weighted by molar-refractivity contribution is 0.174. The van der Waals surface area contributed by atoms with Gasteiger partial charge in [0.25, 0.3) is 0 Å². The van der Waals surface area contributed by atoms with Crippen LogP contribution < -0.4 is 9.47 Å². The number of benzene rings is 1. The number of hydrogen-bond acceptors (Lipinski definition) is 2. The molecule has 1 aliphatic rings. The molecule has 0 aromatic heterocycles. The van der Waals surface area contributed by atoms with Gasteiger partial charge in [-0.15, -0.1) is 0 Å². The Hall–Kier alpha value is -1.18. The second-order valence-corrected chi connectivity index (χ2v) is 4.36. The number of rotatable bonds is 5. The van der Waals surface area contributed by atoms with Gasteiger partial charge in [0, 0.05) is 0 Å². The predicted octanol–water partition coefficient (Wildman–Crippen LogP) is 4.10. The largest absolute Gasteiger partial charge is 0.454 e. The smallest absolute Gasteiger partial charge is 0.231 e. The van der Waals surface area contributed by atoms with Crippen LogP contribution in [0, 0.1) is 0 Å². The monoisotopic (exact) mass is 220 g/mol. The lowest BCUT2D eigenvalue weighted by Crippen LogP contribution is -1.97. The molecule has 0 fully saturated rings. The lowest BCUT2D eigenvalue weighted by atomic mass is 9.91. The summed E-state index contributed by atoms with van der Waals surface area (Å²) in [6, 6.07) is 6.36. The van der Waals surface area contributed by atoms with Crippen molar-refractivity contribution < 1.29 is 9.47 Å². The summed E-state index contributed by atoms with van der Waals surface area (Å²) in [6.07, 6.45) is 5.03.